The summed E-state index contributed by atoms with van der Waals surface area (Å²) in [5.41, 5.74) is 3.83. The standard InChI is InChI=1S/C17H19BrN2O3/c1-5-13-14(17(22)23-4)10(3)15(20-13)16(21)19-11-6-7-12(18)9(2)8-11/h6-8,20H,5H2,1-4H3,(H,19,21). The molecule has 1 amide bonds. The predicted octanol–water partition coefficient (Wildman–Crippen LogP) is 4.00. The summed E-state index contributed by atoms with van der Waals surface area (Å²) in [4.78, 5) is 27.5. The number of nitrogens with one attached hydrogen (secondary N) is 2. The summed E-state index contributed by atoms with van der Waals surface area (Å²) in [5.74, 6) is -0.719. The Kier molecular flexibility index (Phi) is 5.26. The van der Waals surface area contributed by atoms with Gasteiger partial charge in [0.05, 0.1) is 12.7 Å². The number of anilines is 1. The average molecular weight is 379 g/mol. The Balaban J connectivity index is 2.34. The van der Waals surface area contributed by atoms with Crippen LogP contribution in [-0.2, 0) is 11.2 Å². The lowest BCUT2D eigenvalue weighted by Crippen LogP contribution is -2.14. The Morgan fingerprint density at radius 2 is 2.00 bits per heavy atom. The first-order chi connectivity index (χ1) is 10.9. The number of H-pyrrole nitrogens is 1. The van der Waals surface area contributed by atoms with E-state index in [2.05, 4.69) is 26.2 Å². The summed E-state index contributed by atoms with van der Waals surface area (Å²) < 4.78 is 5.78. The van der Waals surface area contributed by atoms with Crippen molar-refractivity contribution in [3.8, 4) is 0 Å². The van der Waals surface area contributed by atoms with Gasteiger partial charge in [0.25, 0.3) is 5.91 Å². The lowest BCUT2D eigenvalue weighted by atomic mass is 10.1. The number of carbonyl (C=O) groups excluding carboxylic acids is 2. The van der Waals surface area contributed by atoms with E-state index < -0.39 is 5.97 Å². The number of benzene rings is 1. The number of aryl methyl sites for hydroxylation is 2. The van der Waals surface area contributed by atoms with Crippen LogP contribution in [0.3, 0.4) is 0 Å². The van der Waals surface area contributed by atoms with E-state index in [1.165, 1.54) is 7.11 Å². The van der Waals surface area contributed by atoms with Gasteiger partial charge >= 0.3 is 5.97 Å². The summed E-state index contributed by atoms with van der Waals surface area (Å²) in [6, 6.07) is 5.57. The molecule has 0 spiro atoms. The fourth-order valence-corrected chi connectivity index (χ4v) is 2.69. The molecule has 0 radical (unpaired) electrons. The molecule has 6 heteroatoms. The fourth-order valence-electron chi connectivity index (χ4n) is 2.45. The zero-order valence-electron chi connectivity index (χ0n) is 13.5. The first kappa shape index (κ1) is 17.3. The highest BCUT2D eigenvalue weighted by Gasteiger charge is 2.23. The van der Waals surface area contributed by atoms with Crippen molar-refractivity contribution in [1.82, 2.24) is 4.98 Å². The van der Waals surface area contributed by atoms with Gasteiger partial charge in [-0.3, -0.25) is 4.79 Å². The Morgan fingerprint density at radius 1 is 1.30 bits per heavy atom. The molecule has 23 heavy (non-hydrogen) atoms. The third-order valence-corrected chi connectivity index (χ3v) is 4.60. The second kappa shape index (κ2) is 7.00. The van der Waals surface area contributed by atoms with Crippen LogP contribution in [0.15, 0.2) is 22.7 Å². The summed E-state index contributed by atoms with van der Waals surface area (Å²) >= 11 is 3.43. The number of aromatic amines is 1. The van der Waals surface area contributed by atoms with Crippen molar-refractivity contribution < 1.29 is 14.3 Å². The Labute approximate surface area is 143 Å². The van der Waals surface area contributed by atoms with Crippen molar-refractivity contribution in [2.24, 2.45) is 0 Å². The highest BCUT2D eigenvalue weighted by atomic mass is 79.9. The molecule has 2 N–H and O–H groups in total. The molecule has 1 aromatic heterocycles. The molecule has 5 nitrogen and oxygen atoms in total. The normalized spacial score (nSPS) is 10.5. The number of esters is 1. The van der Waals surface area contributed by atoms with Crippen LogP contribution in [0.25, 0.3) is 0 Å². The summed E-state index contributed by atoms with van der Waals surface area (Å²) in [6.07, 6.45) is 0.607. The van der Waals surface area contributed by atoms with E-state index in [-0.39, 0.29) is 5.91 Å². The second-order valence-corrected chi connectivity index (χ2v) is 6.10. The second-order valence-electron chi connectivity index (χ2n) is 5.24. The zero-order valence-corrected chi connectivity index (χ0v) is 15.1. The van der Waals surface area contributed by atoms with E-state index in [9.17, 15) is 9.59 Å². The third kappa shape index (κ3) is 3.47. The minimum atomic E-state index is -0.436. The van der Waals surface area contributed by atoms with Crippen LogP contribution in [0.1, 0.15) is 44.6 Å². The summed E-state index contributed by atoms with van der Waals surface area (Å²) in [7, 11) is 1.33. The molecule has 0 saturated carbocycles. The van der Waals surface area contributed by atoms with E-state index >= 15 is 0 Å². The van der Waals surface area contributed by atoms with Gasteiger partial charge in [-0.2, -0.15) is 0 Å². The van der Waals surface area contributed by atoms with Gasteiger partial charge in [0, 0.05) is 15.9 Å². The third-order valence-electron chi connectivity index (χ3n) is 3.71. The van der Waals surface area contributed by atoms with Crippen LogP contribution in [0.4, 0.5) is 5.69 Å². The maximum Gasteiger partial charge on any atom is 0.339 e. The SMILES string of the molecule is CCc1[nH]c(C(=O)Nc2ccc(Br)c(C)c2)c(C)c1C(=O)OC. The maximum atomic E-state index is 12.5. The highest BCUT2D eigenvalue weighted by Crippen LogP contribution is 2.23. The molecule has 0 aliphatic carbocycles. The van der Waals surface area contributed by atoms with Crippen molar-refractivity contribution in [2.75, 3.05) is 12.4 Å². The molecule has 0 atom stereocenters. The van der Waals surface area contributed by atoms with Crippen molar-refractivity contribution in [3.05, 3.63) is 50.8 Å². The minimum absolute atomic E-state index is 0.283. The molecule has 122 valence electrons. The lowest BCUT2D eigenvalue weighted by molar-refractivity contribution is 0.0599. The van der Waals surface area contributed by atoms with Crippen LogP contribution >= 0.6 is 15.9 Å². The van der Waals surface area contributed by atoms with Crippen LogP contribution in [-0.4, -0.2) is 24.0 Å². The molecule has 0 fully saturated rings. The van der Waals surface area contributed by atoms with Crippen LogP contribution in [0, 0.1) is 13.8 Å². The van der Waals surface area contributed by atoms with Crippen LogP contribution in [0.2, 0.25) is 0 Å². The fraction of sp³-hybridized carbons (Fsp3) is 0.294. The Hall–Kier alpha value is -2.08. The number of ether oxygens (including phenoxy) is 1. The monoisotopic (exact) mass is 378 g/mol. The van der Waals surface area contributed by atoms with Gasteiger partial charge in [0.15, 0.2) is 0 Å². The average Bonchev–Trinajstić information content (AvgIpc) is 2.87. The molecule has 0 saturated heterocycles. The molecule has 2 rings (SSSR count). The van der Waals surface area contributed by atoms with Gasteiger partial charge in [-0.15, -0.1) is 0 Å². The molecule has 1 aromatic carbocycles. The number of aromatic nitrogens is 1. The minimum Gasteiger partial charge on any atom is -0.465 e. The molecule has 0 aliphatic rings. The quantitative estimate of drug-likeness (QED) is 0.789. The van der Waals surface area contributed by atoms with Crippen LogP contribution in [0.5, 0.6) is 0 Å². The van der Waals surface area contributed by atoms with Crippen molar-refractivity contribution in [1.29, 1.82) is 0 Å². The summed E-state index contributed by atoms with van der Waals surface area (Å²) in [6.45, 7) is 5.60. The van der Waals surface area contributed by atoms with E-state index in [1.807, 2.05) is 32.0 Å². The number of amides is 1. The van der Waals surface area contributed by atoms with E-state index in [0.29, 0.717) is 34.6 Å². The maximum absolute atomic E-state index is 12.5. The number of halogens is 1. The number of carbonyl (C=O) groups is 2. The molecule has 2 aromatic rings. The Bertz CT molecular complexity index is 765. The Morgan fingerprint density at radius 3 is 2.57 bits per heavy atom. The van der Waals surface area contributed by atoms with Gasteiger partial charge < -0.3 is 15.0 Å². The topological polar surface area (TPSA) is 71.2 Å². The first-order valence-electron chi connectivity index (χ1n) is 7.26. The zero-order chi connectivity index (χ0) is 17.1. The van der Waals surface area contributed by atoms with E-state index in [1.54, 1.807) is 6.92 Å². The number of hydrogen-bond donors (Lipinski definition) is 2. The van der Waals surface area contributed by atoms with E-state index in [4.69, 9.17) is 4.74 Å². The lowest BCUT2D eigenvalue weighted by Gasteiger charge is -2.07. The van der Waals surface area contributed by atoms with Gasteiger partial charge in [-0.05, 0) is 49.6 Å². The predicted molar refractivity (Wildman–Crippen MR) is 93.1 cm³/mol. The first-order valence-corrected chi connectivity index (χ1v) is 8.05. The molecular weight excluding hydrogens is 360 g/mol. The molecule has 0 aliphatic heterocycles. The van der Waals surface area contributed by atoms with E-state index in [0.717, 1.165) is 10.0 Å². The van der Waals surface area contributed by atoms with Gasteiger partial charge in [-0.1, -0.05) is 22.9 Å². The van der Waals surface area contributed by atoms with Crippen molar-refractivity contribution in [2.45, 2.75) is 27.2 Å². The summed E-state index contributed by atoms with van der Waals surface area (Å²) in [5, 5.41) is 2.85. The molecule has 0 unspecified atom stereocenters. The smallest absolute Gasteiger partial charge is 0.339 e. The number of rotatable bonds is 4. The van der Waals surface area contributed by atoms with Crippen molar-refractivity contribution >= 4 is 33.5 Å². The highest BCUT2D eigenvalue weighted by molar-refractivity contribution is 9.10. The number of hydrogen-bond acceptors (Lipinski definition) is 3. The molecule has 1 heterocycles. The largest absolute Gasteiger partial charge is 0.465 e. The number of methoxy groups -OCH3 is 1. The van der Waals surface area contributed by atoms with Gasteiger partial charge in [0.1, 0.15) is 5.69 Å². The van der Waals surface area contributed by atoms with Crippen LogP contribution < -0.4 is 5.32 Å². The van der Waals surface area contributed by atoms with Gasteiger partial charge in [-0.25, -0.2) is 4.79 Å². The molecule has 0 bridgehead atoms. The van der Waals surface area contributed by atoms with Crippen molar-refractivity contribution in [3.63, 3.8) is 0 Å². The van der Waals surface area contributed by atoms with Gasteiger partial charge in [0.2, 0.25) is 0 Å². The molecular formula is C17H19BrN2O3.